The zero-order valence-electron chi connectivity index (χ0n) is 47.5. The summed E-state index contributed by atoms with van der Waals surface area (Å²) in [6.07, 6.45) is 74.0. The molecule has 71 heavy (non-hydrogen) atoms. The SMILES string of the molecule is CCCCCCC/C=C\C/C=C\CCCCCCCCCCCCCCCC(=O)OCC(COC(=O)CCCCCCC/C=C\CCCCCCC)OC(=O)CCCCCCC/C=C\CCCCCCC. The normalized spacial score (nSPS) is 12.3. The number of esters is 3. The highest BCUT2D eigenvalue weighted by Crippen LogP contribution is 2.16. The van der Waals surface area contributed by atoms with E-state index in [4.69, 9.17) is 14.2 Å². The van der Waals surface area contributed by atoms with Crippen molar-refractivity contribution in [3.63, 3.8) is 0 Å². The molecule has 0 N–H and O–H groups in total. The maximum absolute atomic E-state index is 12.9. The highest BCUT2D eigenvalue weighted by molar-refractivity contribution is 5.71. The second-order valence-corrected chi connectivity index (χ2v) is 21.0. The average Bonchev–Trinajstić information content (AvgIpc) is 3.37. The lowest BCUT2D eigenvalue weighted by molar-refractivity contribution is -0.167. The van der Waals surface area contributed by atoms with Crippen molar-refractivity contribution in [2.45, 2.75) is 335 Å². The molecule has 0 aromatic carbocycles. The minimum absolute atomic E-state index is 0.0772. The predicted molar refractivity (Wildman–Crippen MR) is 307 cm³/mol. The van der Waals surface area contributed by atoms with Gasteiger partial charge in [0.15, 0.2) is 6.10 Å². The molecular formula is C65H118O6. The molecule has 6 nitrogen and oxygen atoms in total. The Balaban J connectivity index is 4.26. The van der Waals surface area contributed by atoms with Gasteiger partial charge in [-0.15, -0.1) is 0 Å². The smallest absolute Gasteiger partial charge is 0.306 e. The topological polar surface area (TPSA) is 78.9 Å². The molecule has 0 saturated carbocycles. The van der Waals surface area contributed by atoms with Crippen LogP contribution in [-0.4, -0.2) is 37.2 Å². The van der Waals surface area contributed by atoms with E-state index < -0.39 is 6.10 Å². The van der Waals surface area contributed by atoms with Gasteiger partial charge in [0.2, 0.25) is 0 Å². The molecule has 1 unspecified atom stereocenters. The minimum atomic E-state index is -0.780. The van der Waals surface area contributed by atoms with Crippen LogP contribution in [0.5, 0.6) is 0 Å². The Labute approximate surface area is 441 Å². The van der Waals surface area contributed by atoms with Gasteiger partial charge in [-0.1, -0.05) is 256 Å². The lowest BCUT2D eigenvalue weighted by Crippen LogP contribution is -2.30. The summed E-state index contributed by atoms with van der Waals surface area (Å²) in [5.74, 6) is -0.879. The Bertz CT molecular complexity index is 1230. The van der Waals surface area contributed by atoms with Crippen LogP contribution < -0.4 is 0 Å². The summed E-state index contributed by atoms with van der Waals surface area (Å²) < 4.78 is 16.9. The second kappa shape index (κ2) is 59.9. The minimum Gasteiger partial charge on any atom is -0.462 e. The van der Waals surface area contributed by atoms with Crippen LogP contribution in [0.4, 0.5) is 0 Å². The predicted octanol–water partition coefficient (Wildman–Crippen LogP) is 21.0. The van der Waals surface area contributed by atoms with Gasteiger partial charge in [-0.05, 0) is 103 Å². The van der Waals surface area contributed by atoms with Crippen molar-refractivity contribution in [2.75, 3.05) is 13.2 Å². The molecule has 414 valence electrons. The van der Waals surface area contributed by atoms with Crippen LogP contribution in [0, 0.1) is 0 Å². The Morgan fingerprint density at radius 2 is 0.507 bits per heavy atom. The van der Waals surface area contributed by atoms with Crippen LogP contribution in [0.3, 0.4) is 0 Å². The first kappa shape index (κ1) is 68.4. The van der Waals surface area contributed by atoms with E-state index in [0.717, 1.165) is 83.5 Å². The van der Waals surface area contributed by atoms with Crippen molar-refractivity contribution in [3.05, 3.63) is 48.6 Å². The van der Waals surface area contributed by atoms with E-state index >= 15 is 0 Å². The Morgan fingerprint density at radius 3 is 0.789 bits per heavy atom. The van der Waals surface area contributed by atoms with Crippen molar-refractivity contribution in [1.29, 1.82) is 0 Å². The number of ether oxygens (including phenoxy) is 3. The average molecular weight is 996 g/mol. The number of unbranched alkanes of at least 4 members (excludes halogenated alkanes) is 38. The summed E-state index contributed by atoms with van der Waals surface area (Å²) in [4.78, 5) is 38.2. The number of hydrogen-bond acceptors (Lipinski definition) is 6. The van der Waals surface area contributed by atoms with E-state index in [1.807, 2.05) is 0 Å². The van der Waals surface area contributed by atoms with Crippen molar-refractivity contribution in [2.24, 2.45) is 0 Å². The molecule has 1 atom stereocenters. The Morgan fingerprint density at radius 1 is 0.282 bits per heavy atom. The van der Waals surface area contributed by atoms with E-state index in [1.165, 1.54) is 205 Å². The maximum atomic E-state index is 12.9. The monoisotopic (exact) mass is 995 g/mol. The molecule has 0 bridgehead atoms. The molecule has 0 heterocycles. The Kier molecular flexibility index (Phi) is 57.7. The van der Waals surface area contributed by atoms with Gasteiger partial charge in [0.05, 0.1) is 0 Å². The van der Waals surface area contributed by atoms with Gasteiger partial charge in [0.25, 0.3) is 0 Å². The number of carbonyl (C=O) groups is 3. The fourth-order valence-corrected chi connectivity index (χ4v) is 9.05. The molecule has 0 rings (SSSR count). The van der Waals surface area contributed by atoms with E-state index in [-0.39, 0.29) is 31.1 Å². The third-order valence-electron chi connectivity index (χ3n) is 13.8. The summed E-state index contributed by atoms with van der Waals surface area (Å²) in [7, 11) is 0. The van der Waals surface area contributed by atoms with Gasteiger partial charge in [-0.3, -0.25) is 14.4 Å². The lowest BCUT2D eigenvalue weighted by Gasteiger charge is -2.18. The third-order valence-corrected chi connectivity index (χ3v) is 13.8. The van der Waals surface area contributed by atoms with Gasteiger partial charge in [0.1, 0.15) is 13.2 Å². The molecule has 0 aliphatic rings. The maximum Gasteiger partial charge on any atom is 0.306 e. The number of rotatable bonds is 57. The van der Waals surface area contributed by atoms with Crippen LogP contribution in [0.15, 0.2) is 48.6 Å². The van der Waals surface area contributed by atoms with Crippen LogP contribution in [0.1, 0.15) is 329 Å². The number of carbonyl (C=O) groups excluding carboxylic acids is 3. The summed E-state index contributed by atoms with van der Waals surface area (Å²) in [5.41, 5.74) is 0. The van der Waals surface area contributed by atoms with Crippen LogP contribution in [-0.2, 0) is 28.6 Å². The lowest BCUT2D eigenvalue weighted by atomic mass is 10.0. The first-order valence-corrected chi connectivity index (χ1v) is 31.1. The highest BCUT2D eigenvalue weighted by atomic mass is 16.6. The zero-order valence-corrected chi connectivity index (χ0v) is 47.5. The van der Waals surface area contributed by atoms with Crippen LogP contribution in [0.25, 0.3) is 0 Å². The molecule has 0 aromatic rings. The molecule has 0 aliphatic carbocycles. The van der Waals surface area contributed by atoms with Gasteiger partial charge >= 0.3 is 17.9 Å². The molecule has 0 spiro atoms. The van der Waals surface area contributed by atoms with E-state index in [9.17, 15) is 14.4 Å². The first-order valence-electron chi connectivity index (χ1n) is 31.1. The highest BCUT2D eigenvalue weighted by Gasteiger charge is 2.19. The van der Waals surface area contributed by atoms with E-state index in [1.54, 1.807) is 0 Å². The van der Waals surface area contributed by atoms with Crippen molar-refractivity contribution in [3.8, 4) is 0 Å². The van der Waals surface area contributed by atoms with Crippen LogP contribution >= 0.6 is 0 Å². The molecule has 0 saturated heterocycles. The standard InChI is InChI=1S/C65H118O6/c1-4-7-10-13-16-19-22-25-28-29-30-31-32-33-34-35-36-37-38-41-43-46-49-52-55-58-64(67)70-61-62(71-65(68)59-56-53-50-47-44-40-27-24-21-18-15-12-9-6-3)60-69-63(66)57-54-51-48-45-42-39-26-23-20-17-14-11-8-5-2/h22-27,29-30,62H,4-21,28,31-61H2,1-3H3/b25-22-,26-23-,27-24-,30-29-. The third kappa shape index (κ3) is 58.1. The zero-order chi connectivity index (χ0) is 51.4. The second-order valence-electron chi connectivity index (χ2n) is 21.0. The summed E-state index contributed by atoms with van der Waals surface area (Å²) in [5, 5.41) is 0. The molecule has 0 radical (unpaired) electrons. The van der Waals surface area contributed by atoms with Crippen molar-refractivity contribution >= 4 is 17.9 Å². The van der Waals surface area contributed by atoms with Crippen molar-refractivity contribution < 1.29 is 28.6 Å². The summed E-state index contributed by atoms with van der Waals surface area (Å²) in [6.45, 7) is 6.63. The first-order chi connectivity index (χ1) is 35.0. The largest absolute Gasteiger partial charge is 0.462 e. The van der Waals surface area contributed by atoms with Gasteiger partial charge in [0, 0.05) is 19.3 Å². The molecule has 0 fully saturated rings. The molecule has 6 heteroatoms. The fourth-order valence-electron chi connectivity index (χ4n) is 9.05. The molecule has 0 aliphatic heterocycles. The summed E-state index contributed by atoms with van der Waals surface area (Å²) >= 11 is 0. The van der Waals surface area contributed by atoms with Gasteiger partial charge < -0.3 is 14.2 Å². The number of hydrogen-bond donors (Lipinski definition) is 0. The Hall–Kier alpha value is -2.63. The summed E-state index contributed by atoms with van der Waals surface area (Å²) in [6, 6.07) is 0. The van der Waals surface area contributed by atoms with Crippen LogP contribution in [0.2, 0.25) is 0 Å². The quantitative estimate of drug-likeness (QED) is 0.0261. The van der Waals surface area contributed by atoms with Gasteiger partial charge in [-0.2, -0.15) is 0 Å². The van der Waals surface area contributed by atoms with E-state index in [0.29, 0.717) is 19.3 Å². The van der Waals surface area contributed by atoms with Crippen molar-refractivity contribution in [1.82, 2.24) is 0 Å². The molecule has 0 aromatic heterocycles. The van der Waals surface area contributed by atoms with E-state index in [2.05, 4.69) is 69.4 Å². The van der Waals surface area contributed by atoms with Gasteiger partial charge in [-0.25, -0.2) is 0 Å². The molecular weight excluding hydrogens is 877 g/mol. The molecule has 0 amide bonds. The fraction of sp³-hybridized carbons (Fsp3) is 0.831. The number of allylic oxidation sites excluding steroid dienone is 8.